The van der Waals surface area contributed by atoms with Gasteiger partial charge in [0.15, 0.2) is 0 Å². The van der Waals surface area contributed by atoms with Crippen molar-refractivity contribution in [1.29, 1.82) is 5.26 Å². The zero-order valence-corrected chi connectivity index (χ0v) is 10.8. The van der Waals surface area contributed by atoms with Crippen molar-refractivity contribution in [2.75, 3.05) is 5.32 Å². The van der Waals surface area contributed by atoms with Gasteiger partial charge in [0.2, 0.25) is 0 Å². The van der Waals surface area contributed by atoms with Gasteiger partial charge in [-0.1, -0.05) is 15.9 Å². The fourth-order valence-corrected chi connectivity index (χ4v) is 1.76. The number of benzene rings is 1. The third kappa shape index (κ3) is 2.86. The molecule has 0 aliphatic heterocycles. The average molecular weight is 291 g/mol. The van der Waals surface area contributed by atoms with E-state index in [1.807, 2.05) is 37.5 Å². The number of nitriles is 1. The Hall–Kier alpha value is -1.80. The standard InChI is InChI=1S/C12H11BrN4/c1-17-8-9(7-15-17)12(6-14)16-11-4-2-10(13)3-5-11/h2-5,7-8,12,16H,1H3. The lowest BCUT2D eigenvalue weighted by atomic mass is 10.1. The first-order valence-electron chi connectivity index (χ1n) is 5.09. The van der Waals surface area contributed by atoms with Crippen LogP contribution in [0.4, 0.5) is 5.69 Å². The maximum Gasteiger partial charge on any atom is 0.143 e. The van der Waals surface area contributed by atoms with Crippen LogP contribution in [0.25, 0.3) is 0 Å². The Balaban J connectivity index is 2.16. The summed E-state index contributed by atoms with van der Waals surface area (Å²) in [7, 11) is 1.83. The van der Waals surface area contributed by atoms with Crippen LogP contribution in [-0.4, -0.2) is 9.78 Å². The van der Waals surface area contributed by atoms with Crippen LogP contribution in [0, 0.1) is 11.3 Å². The molecule has 1 heterocycles. The van der Waals surface area contributed by atoms with Crippen molar-refractivity contribution >= 4 is 21.6 Å². The highest BCUT2D eigenvalue weighted by atomic mass is 79.9. The largest absolute Gasteiger partial charge is 0.366 e. The topological polar surface area (TPSA) is 53.6 Å². The third-order valence-corrected chi connectivity index (χ3v) is 2.87. The molecule has 2 aromatic rings. The van der Waals surface area contributed by atoms with E-state index in [0.29, 0.717) is 0 Å². The smallest absolute Gasteiger partial charge is 0.143 e. The monoisotopic (exact) mass is 290 g/mol. The quantitative estimate of drug-likeness (QED) is 0.946. The molecule has 1 atom stereocenters. The van der Waals surface area contributed by atoms with Gasteiger partial charge in [0.25, 0.3) is 0 Å². The van der Waals surface area contributed by atoms with Crippen molar-refractivity contribution in [3.8, 4) is 6.07 Å². The second-order valence-corrected chi connectivity index (χ2v) is 4.58. The first-order chi connectivity index (χ1) is 8.19. The fraction of sp³-hybridized carbons (Fsp3) is 0.167. The zero-order valence-electron chi connectivity index (χ0n) is 9.26. The van der Waals surface area contributed by atoms with Crippen LogP contribution in [0.2, 0.25) is 0 Å². The Morgan fingerprint density at radius 3 is 2.65 bits per heavy atom. The third-order valence-electron chi connectivity index (χ3n) is 2.34. The predicted octanol–water partition coefficient (Wildman–Crippen LogP) is 2.86. The van der Waals surface area contributed by atoms with Crippen LogP contribution in [0.15, 0.2) is 41.1 Å². The number of nitrogens with zero attached hydrogens (tertiary/aromatic N) is 3. The summed E-state index contributed by atoms with van der Waals surface area (Å²) >= 11 is 3.37. The van der Waals surface area contributed by atoms with Gasteiger partial charge in [-0.3, -0.25) is 4.68 Å². The van der Waals surface area contributed by atoms with E-state index in [1.165, 1.54) is 0 Å². The van der Waals surface area contributed by atoms with E-state index in [1.54, 1.807) is 10.9 Å². The van der Waals surface area contributed by atoms with Gasteiger partial charge in [0, 0.05) is 29.0 Å². The number of halogens is 1. The van der Waals surface area contributed by atoms with Crippen LogP contribution < -0.4 is 5.32 Å². The molecular formula is C12H11BrN4. The van der Waals surface area contributed by atoms with E-state index < -0.39 is 0 Å². The molecule has 0 aliphatic carbocycles. The van der Waals surface area contributed by atoms with Gasteiger partial charge in [0.05, 0.1) is 12.3 Å². The Labute approximate surface area is 108 Å². The predicted molar refractivity (Wildman–Crippen MR) is 69.3 cm³/mol. The molecule has 1 aromatic heterocycles. The maximum absolute atomic E-state index is 9.15. The van der Waals surface area contributed by atoms with Crippen LogP contribution in [0.5, 0.6) is 0 Å². The molecule has 5 heteroatoms. The number of aryl methyl sites for hydroxylation is 1. The molecule has 1 unspecified atom stereocenters. The van der Waals surface area contributed by atoms with Crippen LogP contribution in [0.1, 0.15) is 11.6 Å². The number of hydrogen-bond acceptors (Lipinski definition) is 3. The van der Waals surface area contributed by atoms with Gasteiger partial charge >= 0.3 is 0 Å². The van der Waals surface area contributed by atoms with Crippen molar-refractivity contribution in [3.05, 3.63) is 46.7 Å². The molecule has 0 saturated carbocycles. The zero-order chi connectivity index (χ0) is 12.3. The Bertz CT molecular complexity index is 538. The summed E-state index contributed by atoms with van der Waals surface area (Å²) in [5, 5.41) is 16.4. The molecule has 86 valence electrons. The van der Waals surface area contributed by atoms with Crippen LogP contribution >= 0.6 is 15.9 Å². The lowest BCUT2D eigenvalue weighted by Gasteiger charge is -2.10. The molecule has 17 heavy (non-hydrogen) atoms. The number of rotatable bonds is 3. The lowest BCUT2D eigenvalue weighted by molar-refractivity contribution is 0.766. The number of anilines is 1. The van der Waals surface area contributed by atoms with Crippen molar-refractivity contribution in [1.82, 2.24) is 9.78 Å². The summed E-state index contributed by atoms with van der Waals surface area (Å²) in [5.41, 5.74) is 1.77. The molecule has 2 rings (SSSR count). The summed E-state index contributed by atoms with van der Waals surface area (Å²) in [6.45, 7) is 0. The number of aromatic nitrogens is 2. The highest BCUT2D eigenvalue weighted by molar-refractivity contribution is 9.10. The van der Waals surface area contributed by atoms with E-state index >= 15 is 0 Å². The van der Waals surface area contributed by atoms with E-state index in [0.717, 1.165) is 15.7 Å². The van der Waals surface area contributed by atoms with E-state index in [-0.39, 0.29) is 6.04 Å². The lowest BCUT2D eigenvalue weighted by Crippen LogP contribution is -2.07. The minimum Gasteiger partial charge on any atom is -0.366 e. The second kappa shape index (κ2) is 5.02. The van der Waals surface area contributed by atoms with Crippen molar-refractivity contribution in [3.63, 3.8) is 0 Å². The molecule has 1 N–H and O–H groups in total. The van der Waals surface area contributed by atoms with Gasteiger partial charge in [-0.15, -0.1) is 0 Å². The minimum atomic E-state index is -0.384. The summed E-state index contributed by atoms with van der Waals surface area (Å²) in [6, 6.07) is 9.54. The molecule has 0 amide bonds. The Morgan fingerprint density at radius 2 is 2.12 bits per heavy atom. The number of hydrogen-bond donors (Lipinski definition) is 1. The Morgan fingerprint density at radius 1 is 1.41 bits per heavy atom. The minimum absolute atomic E-state index is 0.384. The van der Waals surface area contributed by atoms with Crippen molar-refractivity contribution in [2.24, 2.45) is 7.05 Å². The average Bonchev–Trinajstić information content (AvgIpc) is 2.75. The van der Waals surface area contributed by atoms with Crippen LogP contribution in [0.3, 0.4) is 0 Å². The summed E-state index contributed by atoms with van der Waals surface area (Å²) in [5.74, 6) is 0. The molecular weight excluding hydrogens is 280 g/mol. The van der Waals surface area contributed by atoms with Gasteiger partial charge in [-0.05, 0) is 24.3 Å². The molecule has 1 aromatic carbocycles. The molecule has 0 saturated heterocycles. The highest BCUT2D eigenvalue weighted by Gasteiger charge is 2.11. The van der Waals surface area contributed by atoms with Gasteiger partial charge < -0.3 is 5.32 Å². The molecule has 0 radical (unpaired) electrons. The number of nitrogens with one attached hydrogen (secondary N) is 1. The normalized spacial score (nSPS) is 11.8. The van der Waals surface area contributed by atoms with E-state index in [2.05, 4.69) is 32.4 Å². The summed E-state index contributed by atoms with van der Waals surface area (Å²) in [4.78, 5) is 0. The van der Waals surface area contributed by atoms with Gasteiger partial charge in [0.1, 0.15) is 6.04 Å². The molecule has 0 aliphatic rings. The van der Waals surface area contributed by atoms with Crippen molar-refractivity contribution < 1.29 is 0 Å². The van der Waals surface area contributed by atoms with Crippen LogP contribution in [-0.2, 0) is 7.05 Å². The Kier molecular flexibility index (Phi) is 3.45. The van der Waals surface area contributed by atoms with E-state index in [9.17, 15) is 0 Å². The van der Waals surface area contributed by atoms with Gasteiger partial charge in [-0.25, -0.2) is 0 Å². The van der Waals surface area contributed by atoms with Crippen molar-refractivity contribution in [2.45, 2.75) is 6.04 Å². The summed E-state index contributed by atoms with van der Waals surface area (Å²) < 4.78 is 2.70. The molecule has 0 bridgehead atoms. The fourth-order valence-electron chi connectivity index (χ4n) is 1.49. The molecule has 0 spiro atoms. The van der Waals surface area contributed by atoms with E-state index in [4.69, 9.17) is 5.26 Å². The first kappa shape index (κ1) is 11.7. The second-order valence-electron chi connectivity index (χ2n) is 3.66. The summed E-state index contributed by atoms with van der Waals surface area (Å²) in [6.07, 6.45) is 3.53. The molecule has 0 fully saturated rings. The van der Waals surface area contributed by atoms with Gasteiger partial charge in [-0.2, -0.15) is 10.4 Å². The first-order valence-corrected chi connectivity index (χ1v) is 5.88. The highest BCUT2D eigenvalue weighted by Crippen LogP contribution is 2.20. The SMILES string of the molecule is Cn1cc(C(C#N)Nc2ccc(Br)cc2)cn1. The maximum atomic E-state index is 9.15. The molecule has 4 nitrogen and oxygen atoms in total.